The monoisotopic (exact) mass is 341 g/mol. The number of halogens is 1. The van der Waals surface area contributed by atoms with Crippen LogP contribution in [0.3, 0.4) is 0 Å². The van der Waals surface area contributed by atoms with Crippen molar-refractivity contribution in [1.29, 1.82) is 0 Å². The van der Waals surface area contributed by atoms with E-state index >= 15 is 0 Å². The molecule has 6 heteroatoms. The number of hydrogen-bond acceptors (Lipinski definition) is 2. The Kier molecular flexibility index (Phi) is 3.65. The van der Waals surface area contributed by atoms with Crippen LogP contribution in [0.2, 0.25) is 5.02 Å². The van der Waals surface area contributed by atoms with Crippen LogP contribution in [0, 0.1) is 5.92 Å². The number of benzene rings is 2. The summed E-state index contributed by atoms with van der Waals surface area (Å²) in [7, 11) is 0. The highest BCUT2D eigenvalue weighted by molar-refractivity contribution is 6.30. The van der Waals surface area contributed by atoms with Crippen LogP contribution in [0.4, 0.5) is 5.69 Å². The Labute approximate surface area is 143 Å². The van der Waals surface area contributed by atoms with Gasteiger partial charge >= 0.3 is 0 Å². The molecule has 0 aliphatic heterocycles. The predicted molar refractivity (Wildman–Crippen MR) is 94.5 cm³/mol. The molecule has 1 aliphatic carbocycles. The quantitative estimate of drug-likeness (QED) is 0.764. The Bertz CT molecular complexity index is 968. The van der Waals surface area contributed by atoms with Crippen molar-refractivity contribution in [2.75, 3.05) is 5.32 Å². The average molecular weight is 342 g/mol. The van der Waals surface area contributed by atoms with E-state index in [1.165, 1.54) is 0 Å². The first kappa shape index (κ1) is 15.0. The number of H-pyrrole nitrogens is 1. The van der Waals surface area contributed by atoms with Gasteiger partial charge in [-0.1, -0.05) is 23.7 Å². The number of hydrogen-bond donors (Lipinski definition) is 2. The van der Waals surface area contributed by atoms with Crippen molar-refractivity contribution in [1.82, 2.24) is 9.78 Å². The van der Waals surface area contributed by atoms with Gasteiger partial charge in [-0.15, -0.1) is 0 Å². The number of aromatic amines is 1. The Hall–Kier alpha value is -2.53. The van der Waals surface area contributed by atoms with Gasteiger partial charge in [0.25, 0.3) is 5.56 Å². The molecule has 122 valence electrons. The van der Waals surface area contributed by atoms with Crippen LogP contribution in [0.25, 0.3) is 10.9 Å². The van der Waals surface area contributed by atoms with Crippen LogP contribution in [-0.4, -0.2) is 15.7 Å². The first-order valence-electron chi connectivity index (χ1n) is 7.88. The molecule has 0 unspecified atom stereocenters. The molecular formula is C18H16ClN3O2. The molecule has 1 fully saturated rings. The molecule has 0 atom stereocenters. The summed E-state index contributed by atoms with van der Waals surface area (Å²) in [6.45, 7) is 0.545. The topological polar surface area (TPSA) is 66.9 Å². The first-order chi connectivity index (χ1) is 11.6. The summed E-state index contributed by atoms with van der Waals surface area (Å²) in [6, 6.07) is 12.9. The van der Waals surface area contributed by atoms with Gasteiger partial charge in [-0.05, 0) is 48.7 Å². The minimum absolute atomic E-state index is 0.0337. The van der Waals surface area contributed by atoms with E-state index in [1.54, 1.807) is 10.7 Å². The average Bonchev–Trinajstić information content (AvgIpc) is 3.37. The maximum Gasteiger partial charge on any atom is 0.272 e. The number of carbonyl (C=O) groups excluding carboxylic acids is 1. The fraction of sp³-hybridized carbons (Fsp3) is 0.222. The highest BCUT2D eigenvalue weighted by atomic mass is 35.5. The van der Waals surface area contributed by atoms with E-state index in [1.807, 2.05) is 36.4 Å². The Morgan fingerprint density at radius 3 is 2.67 bits per heavy atom. The fourth-order valence-electron chi connectivity index (χ4n) is 2.76. The summed E-state index contributed by atoms with van der Waals surface area (Å²) in [5.74, 6) is 0.167. The van der Waals surface area contributed by atoms with Gasteiger partial charge in [0.1, 0.15) is 0 Å². The molecule has 0 bridgehead atoms. The Morgan fingerprint density at radius 2 is 1.96 bits per heavy atom. The van der Waals surface area contributed by atoms with Crippen molar-refractivity contribution in [3.8, 4) is 0 Å². The third-order valence-corrected chi connectivity index (χ3v) is 4.49. The summed E-state index contributed by atoms with van der Waals surface area (Å²) in [5.41, 5.74) is 2.34. The molecule has 0 saturated heterocycles. The number of amides is 1. The van der Waals surface area contributed by atoms with E-state index < -0.39 is 0 Å². The summed E-state index contributed by atoms with van der Waals surface area (Å²) in [5, 5.41) is 6.97. The normalized spacial score (nSPS) is 14.0. The number of rotatable bonds is 4. The number of nitrogens with one attached hydrogen (secondary N) is 2. The van der Waals surface area contributed by atoms with Crippen LogP contribution < -0.4 is 10.9 Å². The number of nitrogens with zero attached hydrogens (tertiary/aromatic N) is 1. The smallest absolute Gasteiger partial charge is 0.272 e. The Balaban J connectivity index is 1.64. The molecule has 0 spiro atoms. The zero-order chi connectivity index (χ0) is 16.7. The van der Waals surface area contributed by atoms with Gasteiger partial charge in [0.05, 0.1) is 17.4 Å². The molecule has 1 saturated carbocycles. The van der Waals surface area contributed by atoms with E-state index in [0.717, 1.165) is 23.9 Å². The number of aromatic nitrogens is 2. The van der Waals surface area contributed by atoms with Crippen molar-refractivity contribution in [2.45, 2.75) is 19.4 Å². The van der Waals surface area contributed by atoms with E-state index in [2.05, 4.69) is 10.4 Å². The SMILES string of the molecule is O=C(Nc1ccc2c(c1)c(=O)[nH]n2Cc1ccc(Cl)cc1)C1CC1. The number of fused-ring (bicyclic) bond motifs is 1. The molecule has 1 amide bonds. The second kappa shape index (κ2) is 5.83. The zero-order valence-electron chi connectivity index (χ0n) is 12.9. The van der Waals surface area contributed by atoms with Gasteiger partial charge < -0.3 is 5.32 Å². The van der Waals surface area contributed by atoms with Crippen LogP contribution in [0.5, 0.6) is 0 Å². The lowest BCUT2D eigenvalue weighted by molar-refractivity contribution is -0.117. The third kappa shape index (κ3) is 2.95. The second-order valence-electron chi connectivity index (χ2n) is 6.15. The van der Waals surface area contributed by atoms with Crippen LogP contribution in [-0.2, 0) is 11.3 Å². The Morgan fingerprint density at radius 1 is 1.21 bits per heavy atom. The summed E-state index contributed by atoms with van der Waals surface area (Å²) >= 11 is 5.90. The van der Waals surface area contributed by atoms with Crippen molar-refractivity contribution < 1.29 is 4.79 Å². The minimum atomic E-state index is -0.165. The summed E-state index contributed by atoms with van der Waals surface area (Å²) in [6.07, 6.45) is 1.90. The molecule has 1 aliphatic rings. The van der Waals surface area contributed by atoms with Crippen molar-refractivity contribution in [3.05, 3.63) is 63.4 Å². The standard InChI is InChI=1S/C18H16ClN3O2/c19-13-5-1-11(2-6-13)10-22-16-8-7-14(9-15(16)18(24)21-22)20-17(23)12-3-4-12/h1-2,5-9,12H,3-4,10H2,(H,20,23)(H,21,24). The largest absolute Gasteiger partial charge is 0.326 e. The predicted octanol–water partition coefficient (Wildman–Crippen LogP) is 3.38. The summed E-state index contributed by atoms with van der Waals surface area (Å²) in [4.78, 5) is 24.1. The molecule has 0 radical (unpaired) electrons. The van der Waals surface area contributed by atoms with Crippen LogP contribution in [0.15, 0.2) is 47.3 Å². The van der Waals surface area contributed by atoms with E-state index in [0.29, 0.717) is 22.6 Å². The molecule has 24 heavy (non-hydrogen) atoms. The molecule has 4 rings (SSSR count). The van der Waals surface area contributed by atoms with E-state index in [9.17, 15) is 9.59 Å². The van der Waals surface area contributed by atoms with Gasteiger partial charge in [0.2, 0.25) is 5.91 Å². The van der Waals surface area contributed by atoms with Crippen molar-refractivity contribution in [2.24, 2.45) is 5.92 Å². The highest BCUT2D eigenvalue weighted by Crippen LogP contribution is 2.30. The number of anilines is 1. The lowest BCUT2D eigenvalue weighted by Gasteiger charge is -2.07. The van der Waals surface area contributed by atoms with Gasteiger partial charge in [0.15, 0.2) is 0 Å². The molecule has 2 N–H and O–H groups in total. The fourth-order valence-corrected chi connectivity index (χ4v) is 2.89. The van der Waals surface area contributed by atoms with E-state index in [-0.39, 0.29) is 17.4 Å². The maximum atomic E-state index is 12.2. The van der Waals surface area contributed by atoms with Crippen LogP contribution in [0.1, 0.15) is 18.4 Å². The van der Waals surface area contributed by atoms with Gasteiger partial charge in [0, 0.05) is 16.6 Å². The molecule has 5 nitrogen and oxygen atoms in total. The lowest BCUT2D eigenvalue weighted by atomic mass is 10.2. The van der Waals surface area contributed by atoms with Crippen molar-refractivity contribution >= 4 is 34.1 Å². The van der Waals surface area contributed by atoms with Gasteiger partial charge in [-0.25, -0.2) is 0 Å². The number of carbonyl (C=O) groups is 1. The molecular weight excluding hydrogens is 326 g/mol. The zero-order valence-corrected chi connectivity index (χ0v) is 13.6. The lowest BCUT2D eigenvalue weighted by Crippen LogP contribution is -2.13. The van der Waals surface area contributed by atoms with E-state index in [4.69, 9.17) is 11.6 Å². The minimum Gasteiger partial charge on any atom is -0.326 e. The second-order valence-corrected chi connectivity index (χ2v) is 6.59. The van der Waals surface area contributed by atoms with Gasteiger partial charge in [-0.2, -0.15) is 0 Å². The molecule has 1 heterocycles. The maximum absolute atomic E-state index is 12.2. The summed E-state index contributed by atoms with van der Waals surface area (Å²) < 4.78 is 1.80. The van der Waals surface area contributed by atoms with Crippen LogP contribution >= 0.6 is 11.6 Å². The molecule has 2 aromatic carbocycles. The van der Waals surface area contributed by atoms with Crippen molar-refractivity contribution in [3.63, 3.8) is 0 Å². The molecule has 1 aromatic heterocycles. The highest BCUT2D eigenvalue weighted by Gasteiger charge is 2.29. The molecule has 3 aromatic rings. The van der Waals surface area contributed by atoms with Gasteiger partial charge in [-0.3, -0.25) is 19.4 Å². The first-order valence-corrected chi connectivity index (χ1v) is 8.26. The third-order valence-electron chi connectivity index (χ3n) is 4.24.